The van der Waals surface area contributed by atoms with E-state index in [9.17, 15) is 14.9 Å². The maximum absolute atomic E-state index is 12.1. The van der Waals surface area contributed by atoms with Crippen LogP contribution in [0.2, 0.25) is 0 Å². The van der Waals surface area contributed by atoms with Crippen LogP contribution in [0.3, 0.4) is 0 Å². The molecule has 5 nitrogen and oxygen atoms in total. The van der Waals surface area contributed by atoms with E-state index in [1.807, 2.05) is 26.0 Å². The minimum absolute atomic E-state index is 0.0198. The van der Waals surface area contributed by atoms with Gasteiger partial charge in [0.05, 0.1) is 6.07 Å². The minimum Gasteiger partial charge on any atom is -0.397 e. The van der Waals surface area contributed by atoms with E-state index in [0.29, 0.717) is 5.56 Å². The summed E-state index contributed by atoms with van der Waals surface area (Å²) in [4.78, 5) is 21.9. The molecular formula is C13H11NO4. The largest absolute Gasteiger partial charge is 0.433 e. The second-order valence-corrected chi connectivity index (χ2v) is 4.04. The number of ketones is 1. The molecule has 0 radical (unpaired) electrons. The van der Waals surface area contributed by atoms with E-state index >= 15 is 0 Å². The van der Waals surface area contributed by atoms with Crippen LogP contribution < -0.4 is 0 Å². The summed E-state index contributed by atoms with van der Waals surface area (Å²) in [6.45, 7) is 3.75. The SMILES string of the molecule is Cc1ccc(C(=O)c2ccc([N+](=O)[O-])o2)c(C)c1. The molecule has 0 aliphatic rings. The number of nitro groups is 1. The Balaban J connectivity index is 2.38. The molecule has 2 aromatic rings. The summed E-state index contributed by atoms with van der Waals surface area (Å²) in [5.74, 6) is -0.794. The number of benzene rings is 1. The van der Waals surface area contributed by atoms with Crippen molar-refractivity contribution in [1.29, 1.82) is 0 Å². The predicted octanol–water partition coefficient (Wildman–Crippen LogP) is 3.04. The second-order valence-electron chi connectivity index (χ2n) is 4.04. The van der Waals surface area contributed by atoms with Crippen molar-refractivity contribution >= 4 is 11.7 Å². The van der Waals surface area contributed by atoms with Crippen molar-refractivity contribution in [3.63, 3.8) is 0 Å². The van der Waals surface area contributed by atoms with E-state index in [2.05, 4.69) is 0 Å². The summed E-state index contributed by atoms with van der Waals surface area (Å²) < 4.78 is 4.90. The lowest BCUT2D eigenvalue weighted by Gasteiger charge is -2.03. The van der Waals surface area contributed by atoms with Gasteiger partial charge in [-0.1, -0.05) is 23.8 Å². The molecule has 0 spiro atoms. The number of carbonyl (C=O) groups is 1. The van der Waals surface area contributed by atoms with Gasteiger partial charge in [-0.25, -0.2) is 0 Å². The molecule has 1 heterocycles. The maximum atomic E-state index is 12.1. The molecule has 0 amide bonds. The van der Waals surface area contributed by atoms with Gasteiger partial charge in [-0.05, 0) is 25.5 Å². The molecule has 2 rings (SSSR count). The molecule has 0 aliphatic heterocycles. The summed E-state index contributed by atoms with van der Waals surface area (Å²) >= 11 is 0. The van der Waals surface area contributed by atoms with Crippen LogP contribution in [0.5, 0.6) is 0 Å². The molecule has 0 atom stereocenters. The first-order valence-electron chi connectivity index (χ1n) is 5.35. The zero-order valence-electron chi connectivity index (χ0n) is 9.97. The fourth-order valence-electron chi connectivity index (χ4n) is 1.75. The number of hydrogen-bond donors (Lipinski definition) is 0. The van der Waals surface area contributed by atoms with Gasteiger partial charge in [0.2, 0.25) is 5.78 Å². The fourth-order valence-corrected chi connectivity index (χ4v) is 1.75. The Morgan fingerprint density at radius 2 is 1.94 bits per heavy atom. The van der Waals surface area contributed by atoms with E-state index in [1.165, 1.54) is 12.1 Å². The minimum atomic E-state index is -0.668. The third kappa shape index (κ3) is 2.15. The smallest absolute Gasteiger partial charge is 0.397 e. The monoisotopic (exact) mass is 245 g/mol. The van der Waals surface area contributed by atoms with E-state index in [1.54, 1.807) is 6.07 Å². The molecule has 0 bridgehead atoms. The highest BCUT2D eigenvalue weighted by molar-refractivity contribution is 6.08. The van der Waals surface area contributed by atoms with Crippen molar-refractivity contribution in [1.82, 2.24) is 0 Å². The lowest BCUT2D eigenvalue weighted by Crippen LogP contribution is -2.02. The number of hydrogen-bond acceptors (Lipinski definition) is 4. The van der Waals surface area contributed by atoms with E-state index in [4.69, 9.17) is 4.42 Å². The van der Waals surface area contributed by atoms with Gasteiger partial charge in [0.25, 0.3) is 0 Å². The van der Waals surface area contributed by atoms with E-state index < -0.39 is 10.8 Å². The van der Waals surface area contributed by atoms with Crippen molar-refractivity contribution < 1.29 is 14.1 Å². The fraction of sp³-hybridized carbons (Fsp3) is 0.154. The van der Waals surface area contributed by atoms with Crippen LogP contribution in [-0.4, -0.2) is 10.7 Å². The van der Waals surface area contributed by atoms with Crippen LogP contribution >= 0.6 is 0 Å². The lowest BCUT2D eigenvalue weighted by molar-refractivity contribution is -0.402. The van der Waals surface area contributed by atoms with E-state index in [-0.39, 0.29) is 11.5 Å². The molecule has 0 fully saturated rings. The van der Waals surface area contributed by atoms with Crippen LogP contribution in [-0.2, 0) is 0 Å². The van der Waals surface area contributed by atoms with Gasteiger partial charge >= 0.3 is 5.88 Å². The quantitative estimate of drug-likeness (QED) is 0.473. The number of nitrogens with zero attached hydrogens (tertiary/aromatic N) is 1. The Morgan fingerprint density at radius 3 is 2.50 bits per heavy atom. The Kier molecular flexibility index (Phi) is 2.97. The molecule has 0 N–H and O–H groups in total. The van der Waals surface area contributed by atoms with Crippen LogP contribution in [0.25, 0.3) is 0 Å². The summed E-state index contributed by atoms with van der Waals surface area (Å²) in [6.07, 6.45) is 0. The molecule has 5 heteroatoms. The third-order valence-corrected chi connectivity index (χ3v) is 2.62. The molecule has 0 saturated carbocycles. The van der Waals surface area contributed by atoms with Gasteiger partial charge in [-0.3, -0.25) is 14.9 Å². The van der Waals surface area contributed by atoms with Crippen molar-refractivity contribution in [2.24, 2.45) is 0 Å². The first-order chi connectivity index (χ1) is 8.49. The standard InChI is InChI=1S/C13H11NO4/c1-8-3-4-10(9(2)7-8)13(15)11-5-6-12(18-11)14(16)17/h3-7H,1-2H3. The Bertz CT molecular complexity index is 628. The summed E-state index contributed by atoms with van der Waals surface area (Å²) in [5.41, 5.74) is 2.36. The first-order valence-corrected chi connectivity index (χ1v) is 5.35. The molecule has 18 heavy (non-hydrogen) atoms. The van der Waals surface area contributed by atoms with Crippen molar-refractivity contribution in [2.75, 3.05) is 0 Å². The number of rotatable bonds is 3. The zero-order chi connectivity index (χ0) is 13.3. The maximum Gasteiger partial charge on any atom is 0.433 e. The molecule has 0 aliphatic carbocycles. The Labute approximate surface area is 103 Å². The summed E-state index contributed by atoms with van der Waals surface area (Å²) in [7, 11) is 0. The number of carbonyl (C=O) groups excluding carboxylic acids is 1. The van der Waals surface area contributed by atoms with Gasteiger partial charge in [0.15, 0.2) is 5.76 Å². The Morgan fingerprint density at radius 1 is 1.22 bits per heavy atom. The average molecular weight is 245 g/mol. The highest BCUT2D eigenvalue weighted by Gasteiger charge is 2.19. The number of furan rings is 1. The van der Waals surface area contributed by atoms with Crippen LogP contribution in [0.1, 0.15) is 27.2 Å². The van der Waals surface area contributed by atoms with Crippen molar-refractivity contribution in [3.05, 3.63) is 62.9 Å². The van der Waals surface area contributed by atoms with Crippen molar-refractivity contribution in [3.8, 4) is 0 Å². The van der Waals surface area contributed by atoms with Gasteiger partial charge in [-0.15, -0.1) is 0 Å². The highest BCUT2D eigenvalue weighted by atomic mass is 16.6. The normalized spacial score (nSPS) is 10.3. The second kappa shape index (κ2) is 4.44. The number of aryl methyl sites for hydroxylation is 2. The van der Waals surface area contributed by atoms with Crippen LogP contribution in [0.4, 0.5) is 5.88 Å². The summed E-state index contributed by atoms with van der Waals surface area (Å²) in [5, 5.41) is 10.5. The zero-order valence-corrected chi connectivity index (χ0v) is 9.97. The first kappa shape index (κ1) is 12.0. The third-order valence-electron chi connectivity index (χ3n) is 2.62. The molecule has 0 saturated heterocycles. The van der Waals surface area contributed by atoms with Gasteiger partial charge < -0.3 is 4.42 Å². The Hall–Kier alpha value is -2.43. The van der Waals surface area contributed by atoms with Crippen LogP contribution in [0.15, 0.2) is 34.7 Å². The molecular weight excluding hydrogens is 234 g/mol. The van der Waals surface area contributed by atoms with Gasteiger partial charge in [0.1, 0.15) is 4.92 Å². The van der Waals surface area contributed by atoms with Gasteiger partial charge in [-0.2, -0.15) is 0 Å². The van der Waals surface area contributed by atoms with Crippen molar-refractivity contribution in [2.45, 2.75) is 13.8 Å². The summed E-state index contributed by atoms with van der Waals surface area (Å²) in [6, 6.07) is 7.89. The van der Waals surface area contributed by atoms with Gasteiger partial charge in [0, 0.05) is 5.56 Å². The lowest BCUT2D eigenvalue weighted by atomic mass is 10.0. The van der Waals surface area contributed by atoms with E-state index in [0.717, 1.165) is 11.1 Å². The molecule has 92 valence electrons. The molecule has 0 unspecified atom stereocenters. The van der Waals surface area contributed by atoms with Crippen LogP contribution in [0, 0.1) is 24.0 Å². The molecule has 1 aromatic heterocycles. The molecule has 1 aromatic carbocycles. The predicted molar refractivity (Wildman–Crippen MR) is 64.7 cm³/mol. The average Bonchev–Trinajstić information content (AvgIpc) is 2.77. The topological polar surface area (TPSA) is 73.3 Å². The highest BCUT2D eigenvalue weighted by Crippen LogP contribution is 2.20.